The smallest absolute Gasteiger partial charge is 0.336 e. The number of aromatic carboxylic acids is 1. The first-order valence-electron chi connectivity index (χ1n) is 9.16. The van der Waals surface area contributed by atoms with Crippen LogP contribution in [-0.2, 0) is 0 Å². The van der Waals surface area contributed by atoms with Crippen LogP contribution in [0, 0.1) is 0 Å². The van der Waals surface area contributed by atoms with Crippen LogP contribution in [0.15, 0.2) is 46.9 Å². The fourth-order valence-electron chi connectivity index (χ4n) is 3.46. The van der Waals surface area contributed by atoms with Crippen molar-refractivity contribution in [3.63, 3.8) is 0 Å². The maximum Gasteiger partial charge on any atom is 0.336 e. The summed E-state index contributed by atoms with van der Waals surface area (Å²) in [4.78, 5) is 16.8. The van der Waals surface area contributed by atoms with Gasteiger partial charge in [-0.25, -0.2) is 9.78 Å². The van der Waals surface area contributed by atoms with E-state index in [1.54, 1.807) is 12.1 Å². The van der Waals surface area contributed by atoms with E-state index in [9.17, 15) is 9.90 Å². The van der Waals surface area contributed by atoms with Gasteiger partial charge in [0, 0.05) is 15.6 Å². The van der Waals surface area contributed by atoms with Crippen LogP contribution in [0.2, 0.25) is 0 Å². The van der Waals surface area contributed by atoms with Crippen molar-refractivity contribution >= 4 is 32.9 Å². The summed E-state index contributed by atoms with van der Waals surface area (Å²) in [6, 6.07) is 12.4. The zero-order valence-electron chi connectivity index (χ0n) is 16.9. The highest BCUT2D eigenvalue weighted by Crippen LogP contribution is 2.44. The molecule has 0 amide bonds. The SMILES string of the molecule is COc1ccc(-c2cc(C(=O)O)c3c(-c4ccc(Br)cc4)[nH]nc3n2)c(OC)c1OC. The van der Waals surface area contributed by atoms with Crippen LogP contribution in [-0.4, -0.2) is 47.6 Å². The molecule has 4 aromatic rings. The first-order chi connectivity index (χ1) is 15.0. The maximum absolute atomic E-state index is 12.2. The number of halogens is 1. The quantitative estimate of drug-likeness (QED) is 0.406. The van der Waals surface area contributed by atoms with Gasteiger partial charge in [0.05, 0.1) is 43.7 Å². The summed E-state index contributed by atoms with van der Waals surface area (Å²) in [5.74, 6) is 0.167. The number of pyridine rings is 1. The Bertz CT molecular complexity index is 1280. The normalized spacial score (nSPS) is 10.8. The van der Waals surface area contributed by atoms with E-state index in [0.29, 0.717) is 39.6 Å². The van der Waals surface area contributed by atoms with Crippen molar-refractivity contribution in [2.24, 2.45) is 0 Å². The van der Waals surface area contributed by atoms with E-state index in [4.69, 9.17) is 14.2 Å². The number of fused-ring (bicyclic) bond motifs is 1. The molecule has 0 aliphatic rings. The molecule has 0 saturated carbocycles. The number of nitrogens with one attached hydrogen (secondary N) is 1. The second-order valence-electron chi connectivity index (χ2n) is 6.55. The topological polar surface area (TPSA) is 107 Å². The fraction of sp³-hybridized carbons (Fsp3) is 0.136. The second-order valence-corrected chi connectivity index (χ2v) is 7.46. The van der Waals surface area contributed by atoms with Gasteiger partial charge in [0.2, 0.25) is 5.75 Å². The van der Waals surface area contributed by atoms with Crippen LogP contribution in [0.25, 0.3) is 33.5 Å². The van der Waals surface area contributed by atoms with Gasteiger partial charge in [0.1, 0.15) is 0 Å². The predicted molar refractivity (Wildman–Crippen MR) is 119 cm³/mol. The van der Waals surface area contributed by atoms with Crippen LogP contribution in [0.3, 0.4) is 0 Å². The number of hydrogen-bond donors (Lipinski definition) is 2. The van der Waals surface area contributed by atoms with Crippen molar-refractivity contribution in [2.45, 2.75) is 0 Å². The number of methoxy groups -OCH3 is 3. The van der Waals surface area contributed by atoms with Gasteiger partial charge in [-0.1, -0.05) is 28.1 Å². The summed E-state index contributed by atoms with van der Waals surface area (Å²) in [5, 5.41) is 17.6. The van der Waals surface area contributed by atoms with Gasteiger partial charge in [-0.3, -0.25) is 5.10 Å². The third kappa shape index (κ3) is 3.57. The van der Waals surface area contributed by atoms with Crippen molar-refractivity contribution in [1.82, 2.24) is 15.2 Å². The average molecular weight is 484 g/mol. The molecular weight excluding hydrogens is 466 g/mol. The summed E-state index contributed by atoms with van der Waals surface area (Å²) in [6.45, 7) is 0. The third-order valence-electron chi connectivity index (χ3n) is 4.87. The summed E-state index contributed by atoms with van der Waals surface area (Å²) in [7, 11) is 4.52. The second kappa shape index (κ2) is 8.27. The summed E-state index contributed by atoms with van der Waals surface area (Å²) in [5.41, 5.74) is 2.67. The van der Waals surface area contributed by atoms with Crippen molar-refractivity contribution < 1.29 is 24.1 Å². The first-order valence-corrected chi connectivity index (χ1v) is 9.95. The van der Waals surface area contributed by atoms with Gasteiger partial charge in [0.25, 0.3) is 0 Å². The van der Waals surface area contributed by atoms with E-state index >= 15 is 0 Å². The number of carbonyl (C=O) groups is 1. The lowest BCUT2D eigenvalue weighted by molar-refractivity contribution is 0.0699. The van der Waals surface area contributed by atoms with Gasteiger partial charge in [0.15, 0.2) is 17.1 Å². The lowest BCUT2D eigenvalue weighted by Crippen LogP contribution is -2.02. The predicted octanol–water partition coefficient (Wildman–Crippen LogP) is 4.78. The number of aromatic nitrogens is 3. The Morgan fingerprint density at radius 3 is 2.32 bits per heavy atom. The molecule has 0 saturated heterocycles. The lowest BCUT2D eigenvalue weighted by Gasteiger charge is -2.15. The van der Waals surface area contributed by atoms with Gasteiger partial charge in [-0.15, -0.1) is 0 Å². The highest BCUT2D eigenvalue weighted by molar-refractivity contribution is 9.10. The monoisotopic (exact) mass is 483 g/mol. The zero-order chi connectivity index (χ0) is 22.1. The number of aromatic amines is 1. The Morgan fingerprint density at radius 1 is 1.00 bits per heavy atom. The molecule has 0 bridgehead atoms. The number of carboxylic acids is 1. The van der Waals surface area contributed by atoms with Crippen molar-refractivity contribution in [1.29, 1.82) is 0 Å². The molecule has 158 valence electrons. The molecule has 2 N–H and O–H groups in total. The minimum absolute atomic E-state index is 0.0727. The number of hydrogen-bond acceptors (Lipinski definition) is 6. The van der Waals surface area contributed by atoms with E-state index in [0.717, 1.165) is 10.0 Å². The van der Waals surface area contributed by atoms with Crippen LogP contribution in [0.5, 0.6) is 17.2 Å². The van der Waals surface area contributed by atoms with E-state index < -0.39 is 5.97 Å². The molecule has 8 nitrogen and oxygen atoms in total. The average Bonchev–Trinajstić information content (AvgIpc) is 3.21. The van der Waals surface area contributed by atoms with Crippen LogP contribution in [0.4, 0.5) is 0 Å². The maximum atomic E-state index is 12.2. The minimum Gasteiger partial charge on any atom is -0.493 e. The molecule has 0 spiro atoms. The molecule has 2 aromatic heterocycles. The fourth-order valence-corrected chi connectivity index (χ4v) is 3.72. The molecule has 2 aromatic carbocycles. The molecule has 4 rings (SSSR count). The molecule has 0 atom stereocenters. The molecule has 9 heteroatoms. The molecule has 2 heterocycles. The number of nitrogens with zero attached hydrogens (tertiary/aromatic N) is 2. The minimum atomic E-state index is -1.09. The summed E-state index contributed by atoms with van der Waals surface area (Å²) >= 11 is 3.40. The number of rotatable bonds is 6. The third-order valence-corrected chi connectivity index (χ3v) is 5.40. The Labute approximate surface area is 185 Å². The molecule has 0 aliphatic heterocycles. The van der Waals surface area contributed by atoms with E-state index in [-0.39, 0.29) is 11.2 Å². The largest absolute Gasteiger partial charge is 0.493 e. The molecule has 0 aliphatic carbocycles. The van der Waals surface area contributed by atoms with Crippen LogP contribution >= 0.6 is 15.9 Å². The Kier molecular flexibility index (Phi) is 5.51. The van der Waals surface area contributed by atoms with Gasteiger partial charge >= 0.3 is 5.97 Å². The molecule has 0 fully saturated rings. The highest BCUT2D eigenvalue weighted by Gasteiger charge is 2.23. The molecular formula is C22H18BrN3O5. The van der Waals surface area contributed by atoms with Crippen LogP contribution in [0.1, 0.15) is 10.4 Å². The molecule has 0 radical (unpaired) electrons. The number of ether oxygens (including phenoxy) is 3. The van der Waals surface area contributed by atoms with E-state index in [1.165, 1.54) is 27.4 Å². The summed E-state index contributed by atoms with van der Waals surface area (Å²) in [6.07, 6.45) is 0. The van der Waals surface area contributed by atoms with Gasteiger partial charge < -0.3 is 19.3 Å². The number of benzene rings is 2. The van der Waals surface area contributed by atoms with Gasteiger partial charge in [-0.2, -0.15) is 5.10 Å². The zero-order valence-corrected chi connectivity index (χ0v) is 18.5. The first kappa shape index (κ1) is 20.7. The van der Waals surface area contributed by atoms with Crippen LogP contribution < -0.4 is 14.2 Å². The van der Waals surface area contributed by atoms with E-state index in [2.05, 4.69) is 31.1 Å². The van der Waals surface area contributed by atoms with Crippen molar-refractivity contribution in [3.8, 4) is 39.8 Å². The Morgan fingerprint density at radius 2 is 1.71 bits per heavy atom. The Balaban J connectivity index is 1.97. The lowest BCUT2D eigenvalue weighted by atomic mass is 10.0. The van der Waals surface area contributed by atoms with Crippen molar-refractivity contribution in [2.75, 3.05) is 21.3 Å². The Hall–Kier alpha value is -3.59. The molecule has 0 unspecified atom stereocenters. The standard InChI is InChI=1S/C22H18BrN3O5/c1-29-16-9-8-13(19(30-2)20(16)31-3)15-10-14(22(27)28)17-18(25-26-21(17)24-15)11-4-6-12(23)7-5-11/h4-10H,1-3H3,(H,27,28)(H,24,25,26). The van der Waals surface area contributed by atoms with E-state index in [1.807, 2.05) is 24.3 Å². The van der Waals surface area contributed by atoms with Crippen molar-refractivity contribution in [3.05, 3.63) is 52.5 Å². The summed E-state index contributed by atoms with van der Waals surface area (Å²) < 4.78 is 17.2. The number of H-pyrrole nitrogens is 1. The number of carboxylic acid groups (broad SMARTS) is 1. The van der Waals surface area contributed by atoms with Gasteiger partial charge in [-0.05, 0) is 30.3 Å². The molecule has 31 heavy (non-hydrogen) atoms. The highest BCUT2D eigenvalue weighted by atomic mass is 79.9.